The third kappa shape index (κ3) is 6.58. The summed E-state index contributed by atoms with van der Waals surface area (Å²) in [5.41, 5.74) is 1.18. The first-order chi connectivity index (χ1) is 12.6. The lowest BCUT2D eigenvalue weighted by Crippen LogP contribution is -2.35. The molecule has 1 aromatic rings. The van der Waals surface area contributed by atoms with Crippen LogP contribution in [0.3, 0.4) is 0 Å². The van der Waals surface area contributed by atoms with Crippen LogP contribution in [0.15, 0.2) is 24.3 Å². The molecule has 0 aromatic heterocycles. The van der Waals surface area contributed by atoms with Crippen molar-refractivity contribution in [2.75, 3.05) is 44.7 Å². The van der Waals surface area contributed by atoms with Gasteiger partial charge in [0.15, 0.2) is 0 Å². The van der Waals surface area contributed by atoms with E-state index < -0.39 is 0 Å². The second kappa shape index (κ2) is 10.7. The molecule has 1 heterocycles. The Labute approximate surface area is 156 Å². The molecule has 1 saturated heterocycles. The summed E-state index contributed by atoms with van der Waals surface area (Å²) in [4.78, 5) is 27.6. The number of hydrogen-bond acceptors (Lipinski definition) is 4. The average molecular weight is 361 g/mol. The molecule has 2 rings (SSSR count). The van der Waals surface area contributed by atoms with Crippen LogP contribution in [0.5, 0.6) is 5.75 Å². The van der Waals surface area contributed by atoms with E-state index in [1.54, 1.807) is 7.11 Å². The van der Waals surface area contributed by atoms with Gasteiger partial charge in [-0.25, -0.2) is 0 Å². The first-order valence-corrected chi connectivity index (χ1v) is 9.51. The molecule has 1 aliphatic rings. The number of hydrogen-bond donors (Lipinski definition) is 1. The normalized spacial score (nSPS) is 14.7. The molecule has 0 saturated carbocycles. The molecule has 2 amide bonds. The summed E-state index contributed by atoms with van der Waals surface area (Å²) in [6.45, 7) is 5.66. The van der Waals surface area contributed by atoms with Crippen molar-refractivity contribution in [2.45, 2.75) is 39.0 Å². The van der Waals surface area contributed by atoms with Crippen LogP contribution in [0, 0.1) is 0 Å². The lowest BCUT2D eigenvalue weighted by Gasteiger charge is -2.24. The minimum absolute atomic E-state index is 0.00653. The van der Waals surface area contributed by atoms with E-state index >= 15 is 0 Å². The van der Waals surface area contributed by atoms with Crippen molar-refractivity contribution in [1.29, 1.82) is 0 Å². The van der Waals surface area contributed by atoms with E-state index in [9.17, 15) is 9.59 Å². The van der Waals surface area contributed by atoms with E-state index in [0.29, 0.717) is 13.0 Å². The number of ether oxygens (including phenoxy) is 1. The fourth-order valence-electron chi connectivity index (χ4n) is 3.22. The van der Waals surface area contributed by atoms with E-state index in [2.05, 4.69) is 22.3 Å². The second-order valence-electron chi connectivity index (χ2n) is 6.71. The molecule has 144 valence electrons. The third-order valence-corrected chi connectivity index (χ3v) is 4.73. The molecule has 0 aliphatic carbocycles. The van der Waals surface area contributed by atoms with Gasteiger partial charge in [0.05, 0.1) is 7.11 Å². The highest BCUT2D eigenvalue weighted by Gasteiger charge is 2.19. The van der Waals surface area contributed by atoms with Gasteiger partial charge in [0.1, 0.15) is 5.75 Å². The highest BCUT2D eigenvalue weighted by atomic mass is 16.5. The number of nitrogens with one attached hydrogen (secondary N) is 1. The van der Waals surface area contributed by atoms with Crippen LogP contribution in [0.2, 0.25) is 0 Å². The number of anilines is 1. The van der Waals surface area contributed by atoms with Crippen molar-refractivity contribution in [3.63, 3.8) is 0 Å². The fraction of sp³-hybridized carbons (Fsp3) is 0.600. The highest BCUT2D eigenvalue weighted by molar-refractivity contribution is 5.76. The van der Waals surface area contributed by atoms with E-state index in [1.165, 1.54) is 12.6 Å². The molecular weight excluding hydrogens is 330 g/mol. The lowest BCUT2D eigenvalue weighted by atomic mass is 10.1. The maximum absolute atomic E-state index is 12.4. The SMILES string of the molecule is COc1ccc(N2CCCN(C(=O)CCCCCNC(C)=O)CC2)cc1. The summed E-state index contributed by atoms with van der Waals surface area (Å²) in [6.07, 6.45) is 4.37. The van der Waals surface area contributed by atoms with Gasteiger partial charge < -0.3 is 19.9 Å². The van der Waals surface area contributed by atoms with Crippen LogP contribution in [0.4, 0.5) is 5.69 Å². The number of methoxy groups -OCH3 is 1. The molecule has 1 fully saturated rings. The molecule has 0 unspecified atom stereocenters. The Morgan fingerprint density at radius 1 is 1.04 bits per heavy atom. The molecule has 1 N–H and O–H groups in total. The zero-order valence-electron chi connectivity index (χ0n) is 16.0. The van der Waals surface area contributed by atoms with Gasteiger partial charge in [-0.2, -0.15) is 0 Å². The molecule has 1 aliphatic heterocycles. The topological polar surface area (TPSA) is 61.9 Å². The first-order valence-electron chi connectivity index (χ1n) is 9.51. The van der Waals surface area contributed by atoms with E-state index in [4.69, 9.17) is 4.74 Å². The largest absolute Gasteiger partial charge is 0.497 e. The lowest BCUT2D eigenvalue weighted by molar-refractivity contribution is -0.131. The van der Waals surface area contributed by atoms with Gasteiger partial charge in [0.25, 0.3) is 0 Å². The van der Waals surface area contributed by atoms with Crippen molar-refractivity contribution in [3.05, 3.63) is 24.3 Å². The van der Waals surface area contributed by atoms with Crippen molar-refractivity contribution in [1.82, 2.24) is 10.2 Å². The molecule has 26 heavy (non-hydrogen) atoms. The standard InChI is InChI=1S/C20H31N3O3/c1-17(24)21-12-5-3-4-7-20(25)23-14-6-13-22(15-16-23)18-8-10-19(26-2)11-9-18/h8-11H,3-7,12-16H2,1-2H3,(H,21,24). The Balaban J connectivity index is 1.71. The van der Waals surface area contributed by atoms with Crippen LogP contribution in [0.25, 0.3) is 0 Å². The smallest absolute Gasteiger partial charge is 0.222 e. The molecule has 0 radical (unpaired) electrons. The van der Waals surface area contributed by atoms with Crippen molar-refractivity contribution >= 4 is 17.5 Å². The van der Waals surface area contributed by atoms with Crippen molar-refractivity contribution < 1.29 is 14.3 Å². The van der Waals surface area contributed by atoms with Gasteiger partial charge in [-0.05, 0) is 43.5 Å². The number of nitrogens with zero attached hydrogens (tertiary/aromatic N) is 2. The number of rotatable bonds is 8. The van der Waals surface area contributed by atoms with Gasteiger partial charge >= 0.3 is 0 Å². The maximum atomic E-state index is 12.4. The Bertz CT molecular complexity index is 574. The predicted octanol–water partition coefficient (Wildman–Crippen LogP) is 2.43. The molecule has 6 nitrogen and oxygen atoms in total. The van der Waals surface area contributed by atoms with Gasteiger partial charge in [-0.3, -0.25) is 9.59 Å². The van der Waals surface area contributed by atoms with E-state index in [-0.39, 0.29) is 11.8 Å². The van der Waals surface area contributed by atoms with Gasteiger partial charge in [0.2, 0.25) is 11.8 Å². The van der Waals surface area contributed by atoms with Crippen LogP contribution >= 0.6 is 0 Å². The minimum atomic E-state index is 0.00653. The Morgan fingerprint density at radius 3 is 2.50 bits per heavy atom. The predicted molar refractivity (Wildman–Crippen MR) is 104 cm³/mol. The number of carbonyl (C=O) groups excluding carboxylic acids is 2. The van der Waals surface area contributed by atoms with Gasteiger partial charge in [-0.15, -0.1) is 0 Å². The highest BCUT2D eigenvalue weighted by Crippen LogP contribution is 2.20. The van der Waals surface area contributed by atoms with E-state index in [0.717, 1.165) is 57.6 Å². The molecule has 1 aromatic carbocycles. The molecule has 6 heteroatoms. The third-order valence-electron chi connectivity index (χ3n) is 4.73. The van der Waals surface area contributed by atoms with Crippen LogP contribution in [0.1, 0.15) is 39.0 Å². The molecule has 0 spiro atoms. The summed E-state index contributed by atoms with van der Waals surface area (Å²) >= 11 is 0. The number of amides is 2. The summed E-state index contributed by atoms with van der Waals surface area (Å²) < 4.78 is 5.21. The molecule has 0 bridgehead atoms. The monoisotopic (exact) mass is 361 g/mol. The zero-order chi connectivity index (χ0) is 18.8. The van der Waals surface area contributed by atoms with Crippen LogP contribution in [-0.2, 0) is 9.59 Å². The maximum Gasteiger partial charge on any atom is 0.222 e. The summed E-state index contributed by atoms with van der Waals surface area (Å²) in [5, 5.41) is 2.79. The van der Waals surface area contributed by atoms with Crippen LogP contribution in [-0.4, -0.2) is 56.5 Å². The quantitative estimate of drug-likeness (QED) is 0.723. The fourth-order valence-corrected chi connectivity index (χ4v) is 3.22. The number of carbonyl (C=O) groups is 2. The molecular formula is C20H31N3O3. The Hall–Kier alpha value is -2.24. The summed E-state index contributed by atoms with van der Waals surface area (Å²) in [5.74, 6) is 1.12. The van der Waals surface area contributed by atoms with Crippen molar-refractivity contribution in [3.8, 4) is 5.75 Å². The second-order valence-corrected chi connectivity index (χ2v) is 6.71. The zero-order valence-corrected chi connectivity index (χ0v) is 16.0. The number of benzene rings is 1. The summed E-state index contributed by atoms with van der Waals surface area (Å²) in [7, 11) is 1.67. The summed E-state index contributed by atoms with van der Waals surface area (Å²) in [6, 6.07) is 8.10. The van der Waals surface area contributed by atoms with E-state index in [1.807, 2.05) is 17.0 Å². The van der Waals surface area contributed by atoms with Crippen LogP contribution < -0.4 is 15.0 Å². The molecule has 0 atom stereocenters. The Morgan fingerprint density at radius 2 is 1.81 bits per heavy atom. The van der Waals surface area contributed by atoms with Gasteiger partial charge in [0, 0.05) is 51.8 Å². The van der Waals surface area contributed by atoms with Crippen molar-refractivity contribution in [2.24, 2.45) is 0 Å². The first kappa shape index (κ1) is 20.1. The Kier molecular flexibility index (Phi) is 8.25. The number of unbranched alkanes of at least 4 members (excludes halogenated alkanes) is 2. The minimum Gasteiger partial charge on any atom is -0.497 e. The average Bonchev–Trinajstić information content (AvgIpc) is 2.90. The van der Waals surface area contributed by atoms with Gasteiger partial charge in [-0.1, -0.05) is 6.42 Å².